The van der Waals surface area contributed by atoms with Crippen LogP contribution in [0.3, 0.4) is 0 Å². The first-order valence-electron chi connectivity index (χ1n) is 3.84. The summed E-state index contributed by atoms with van der Waals surface area (Å²) >= 11 is 0. The van der Waals surface area contributed by atoms with Gasteiger partial charge in [-0.3, -0.25) is 0 Å². The van der Waals surface area contributed by atoms with E-state index in [1.54, 1.807) is 0 Å². The van der Waals surface area contributed by atoms with Crippen LogP contribution in [0.1, 0.15) is 6.92 Å². The smallest absolute Gasteiger partial charge is 0.209 e. The molecule has 0 rings (SSSR count). The van der Waals surface area contributed by atoms with Gasteiger partial charge in [-0.2, -0.15) is 26.3 Å². The maximum atomic E-state index is 11.4. The Balaban J connectivity index is 0. The lowest BCUT2D eigenvalue weighted by molar-refractivity contribution is -0.112. The van der Waals surface area contributed by atoms with Gasteiger partial charge in [-0.15, -0.1) is 0 Å². The third-order valence-corrected chi connectivity index (χ3v) is 1.19. The maximum absolute atomic E-state index is 11.4. The van der Waals surface area contributed by atoms with E-state index in [9.17, 15) is 43.9 Å². The van der Waals surface area contributed by atoms with E-state index in [4.69, 9.17) is 0 Å². The second kappa shape index (κ2) is 6.64. The molecule has 0 unspecified atom stereocenters. The molecule has 0 N–H and O–H groups in total. The Hall–Kier alpha value is -1.22. The SMILES string of the molecule is C=C(F)C(F)(F)C(F)F.CC(F)=C(F)C(F)(F)F. The summed E-state index contributed by atoms with van der Waals surface area (Å²) in [6, 6.07) is 0. The summed E-state index contributed by atoms with van der Waals surface area (Å²) in [7, 11) is 0. The Kier molecular flexibility index (Phi) is 7.06. The van der Waals surface area contributed by atoms with Crippen LogP contribution in [0.15, 0.2) is 24.1 Å². The summed E-state index contributed by atoms with van der Waals surface area (Å²) in [6.07, 6.45) is -9.20. The summed E-state index contributed by atoms with van der Waals surface area (Å²) in [5.41, 5.74) is 0. The van der Waals surface area contributed by atoms with E-state index < -0.39 is 36.0 Å². The number of rotatable bonds is 2. The van der Waals surface area contributed by atoms with Gasteiger partial charge in [0.2, 0.25) is 5.83 Å². The van der Waals surface area contributed by atoms with Gasteiger partial charge in [0.15, 0.2) is 5.83 Å². The minimum atomic E-state index is -5.18. The average molecular weight is 292 g/mol. The van der Waals surface area contributed by atoms with Crippen molar-refractivity contribution in [2.45, 2.75) is 25.4 Å². The van der Waals surface area contributed by atoms with Gasteiger partial charge < -0.3 is 0 Å². The van der Waals surface area contributed by atoms with E-state index >= 15 is 0 Å². The lowest BCUT2D eigenvalue weighted by Crippen LogP contribution is -2.26. The van der Waals surface area contributed by atoms with Crippen LogP contribution < -0.4 is 0 Å². The molecule has 0 bridgehead atoms. The molecular weight excluding hydrogens is 286 g/mol. The predicted molar refractivity (Wildman–Crippen MR) is 42.2 cm³/mol. The molecule has 10 heteroatoms. The first-order valence-corrected chi connectivity index (χ1v) is 3.84. The predicted octanol–water partition coefficient (Wildman–Crippen LogP) is 5.09. The van der Waals surface area contributed by atoms with Crippen LogP contribution in [0.5, 0.6) is 0 Å². The number of hydrogen-bond acceptors (Lipinski definition) is 0. The minimum Gasteiger partial charge on any atom is -0.209 e. The number of allylic oxidation sites excluding steroid dienone is 3. The largest absolute Gasteiger partial charge is 0.445 e. The number of alkyl halides is 7. The molecule has 108 valence electrons. The van der Waals surface area contributed by atoms with E-state index in [0.717, 1.165) is 0 Å². The molecule has 18 heavy (non-hydrogen) atoms. The van der Waals surface area contributed by atoms with Crippen molar-refractivity contribution in [3.05, 3.63) is 24.1 Å². The van der Waals surface area contributed by atoms with Crippen molar-refractivity contribution >= 4 is 0 Å². The van der Waals surface area contributed by atoms with Crippen LogP contribution in [0.4, 0.5) is 43.9 Å². The molecule has 0 radical (unpaired) electrons. The van der Waals surface area contributed by atoms with Crippen LogP contribution in [0.25, 0.3) is 0 Å². The van der Waals surface area contributed by atoms with Crippen LogP contribution >= 0.6 is 0 Å². The van der Waals surface area contributed by atoms with Gasteiger partial charge in [0.1, 0.15) is 5.83 Å². The van der Waals surface area contributed by atoms with Crippen LogP contribution in [-0.4, -0.2) is 18.5 Å². The zero-order chi connectivity index (χ0) is 15.3. The minimum absolute atomic E-state index is 0.406. The third-order valence-electron chi connectivity index (χ3n) is 1.19. The summed E-state index contributed by atoms with van der Waals surface area (Å²) < 4.78 is 112. The van der Waals surface area contributed by atoms with Crippen LogP contribution in [0.2, 0.25) is 0 Å². The van der Waals surface area contributed by atoms with Crippen molar-refractivity contribution in [3.63, 3.8) is 0 Å². The van der Waals surface area contributed by atoms with E-state index in [1.807, 2.05) is 0 Å². The monoisotopic (exact) mass is 292 g/mol. The van der Waals surface area contributed by atoms with Gasteiger partial charge in [0, 0.05) is 0 Å². The topological polar surface area (TPSA) is 0 Å². The summed E-state index contributed by atoms with van der Waals surface area (Å²) in [5.74, 6) is -11.5. The molecular formula is C8H6F10. The first-order chi connectivity index (χ1) is 7.74. The molecule has 0 aromatic heterocycles. The fraction of sp³-hybridized carbons (Fsp3) is 0.500. The van der Waals surface area contributed by atoms with Gasteiger partial charge in [-0.1, -0.05) is 6.58 Å². The Morgan fingerprint density at radius 2 is 1.28 bits per heavy atom. The van der Waals surface area contributed by atoms with Crippen molar-refractivity contribution < 1.29 is 43.9 Å². The molecule has 0 heterocycles. The van der Waals surface area contributed by atoms with Crippen LogP contribution in [-0.2, 0) is 0 Å². The molecule has 0 aromatic carbocycles. The molecule has 0 aromatic rings. The molecule has 0 aliphatic rings. The highest BCUT2D eigenvalue weighted by atomic mass is 19.4. The fourth-order valence-corrected chi connectivity index (χ4v) is 0.314. The quantitative estimate of drug-likeness (QED) is 0.622. The molecule has 0 nitrogen and oxygen atoms in total. The molecule has 0 fully saturated rings. The third kappa shape index (κ3) is 6.50. The zero-order valence-corrected chi connectivity index (χ0v) is 8.56. The summed E-state index contributed by atoms with van der Waals surface area (Å²) in [5, 5.41) is 0. The lowest BCUT2D eigenvalue weighted by atomic mass is 10.3. The maximum Gasteiger partial charge on any atom is 0.445 e. The molecule has 0 atom stereocenters. The van der Waals surface area contributed by atoms with Gasteiger partial charge in [-0.25, -0.2) is 17.6 Å². The van der Waals surface area contributed by atoms with Gasteiger partial charge in [0.25, 0.3) is 0 Å². The van der Waals surface area contributed by atoms with E-state index in [1.165, 1.54) is 0 Å². The van der Waals surface area contributed by atoms with Crippen molar-refractivity contribution in [1.82, 2.24) is 0 Å². The molecule has 0 saturated heterocycles. The normalized spacial score (nSPS) is 13.8. The average Bonchev–Trinajstić information content (AvgIpc) is 2.15. The van der Waals surface area contributed by atoms with Crippen molar-refractivity contribution in [1.29, 1.82) is 0 Å². The molecule has 0 spiro atoms. The molecule has 0 aliphatic heterocycles. The molecule has 0 amide bonds. The Morgan fingerprint density at radius 1 is 0.944 bits per heavy atom. The number of hydrogen-bond donors (Lipinski definition) is 0. The standard InChI is InChI=1S/2C4H3F5/c1-2(5)4(8,9)3(6)7;1-2(5)3(6)4(7,8)9/h3H,1H2;1H3. The summed E-state index contributed by atoms with van der Waals surface area (Å²) in [4.78, 5) is 0. The highest BCUT2D eigenvalue weighted by Gasteiger charge is 2.44. The molecule has 0 saturated carbocycles. The van der Waals surface area contributed by atoms with Crippen LogP contribution in [0, 0.1) is 0 Å². The van der Waals surface area contributed by atoms with Gasteiger partial charge >= 0.3 is 18.5 Å². The highest BCUT2D eigenvalue weighted by molar-refractivity contribution is 5.02. The van der Waals surface area contributed by atoms with Gasteiger partial charge in [-0.05, 0) is 6.92 Å². The Morgan fingerprint density at radius 3 is 1.28 bits per heavy atom. The van der Waals surface area contributed by atoms with Crippen molar-refractivity contribution in [3.8, 4) is 0 Å². The second-order valence-corrected chi connectivity index (χ2v) is 2.67. The highest BCUT2D eigenvalue weighted by Crippen LogP contribution is 2.30. The van der Waals surface area contributed by atoms with Crippen molar-refractivity contribution in [2.24, 2.45) is 0 Å². The fourth-order valence-electron chi connectivity index (χ4n) is 0.314. The van der Waals surface area contributed by atoms with E-state index in [2.05, 4.69) is 6.58 Å². The van der Waals surface area contributed by atoms with E-state index in [0.29, 0.717) is 6.92 Å². The second-order valence-electron chi connectivity index (χ2n) is 2.67. The Labute approximate surface area is 94.6 Å². The zero-order valence-electron chi connectivity index (χ0n) is 8.56. The Bertz CT molecular complexity index is 306. The first kappa shape index (κ1) is 19.1. The lowest BCUT2D eigenvalue weighted by Gasteiger charge is -2.10. The van der Waals surface area contributed by atoms with E-state index in [-0.39, 0.29) is 0 Å². The molecule has 0 aliphatic carbocycles. The van der Waals surface area contributed by atoms with Crippen molar-refractivity contribution in [2.75, 3.05) is 0 Å². The van der Waals surface area contributed by atoms with Gasteiger partial charge in [0.05, 0.1) is 0 Å². The number of halogens is 10. The summed E-state index contributed by atoms with van der Waals surface area (Å²) in [6.45, 7) is 2.46.